The number of hydrogen-bond donors (Lipinski definition) is 1. The number of likely N-dealkylation sites (tertiary alicyclic amines) is 1. The standard InChI is InChI=1S/C15H22ClN3O2/c1-2-17-9-12-4-3-7-18(10-12)11-13-8-14(16)5-6-15(13)19(20)21/h5-6,8,12,17H,2-4,7,9-11H2,1H3. The molecule has 2 rings (SSSR count). The Hall–Kier alpha value is -1.17. The molecule has 1 aliphatic rings. The van der Waals surface area contributed by atoms with Gasteiger partial charge in [-0.1, -0.05) is 18.5 Å². The third-order valence-corrected chi connectivity index (χ3v) is 4.15. The first-order valence-corrected chi connectivity index (χ1v) is 7.83. The van der Waals surface area contributed by atoms with Gasteiger partial charge in [0.2, 0.25) is 0 Å². The Balaban J connectivity index is 2.03. The molecule has 116 valence electrons. The topological polar surface area (TPSA) is 58.4 Å². The highest BCUT2D eigenvalue weighted by Crippen LogP contribution is 2.26. The molecule has 5 nitrogen and oxygen atoms in total. The summed E-state index contributed by atoms with van der Waals surface area (Å²) in [6, 6.07) is 4.79. The normalized spacial score (nSPS) is 19.6. The van der Waals surface area contributed by atoms with Gasteiger partial charge in [-0.15, -0.1) is 0 Å². The molecule has 1 atom stereocenters. The van der Waals surface area contributed by atoms with E-state index in [0.717, 1.165) is 32.6 Å². The lowest BCUT2D eigenvalue weighted by atomic mass is 9.97. The highest BCUT2D eigenvalue weighted by Gasteiger charge is 2.22. The van der Waals surface area contributed by atoms with Gasteiger partial charge in [0, 0.05) is 29.7 Å². The predicted molar refractivity (Wildman–Crippen MR) is 84.7 cm³/mol. The largest absolute Gasteiger partial charge is 0.317 e. The van der Waals surface area contributed by atoms with Gasteiger partial charge in [-0.05, 0) is 50.5 Å². The average molecular weight is 312 g/mol. The second-order valence-corrected chi connectivity index (χ2v) is 6.02. The van der Waals surface area contributed by atoms with E-state index >= 15 is 0 Å². The number of nitro groups is 1. The SMILES string of the molecule is CCNCC1CCCN(Cc2cc(Cl)ccc2[N+](=O)[O-])C1. The number of nitrogens with one attached hydrogen (secondary N) is 1. The molecule has 1 saturated heterocycles. The fraction of sp³-hybridized carbons (Fsp3) is 0.600. The van der Waals surface area contributed by atoms with Gasteiger partial charge in [-0.2, -0.15) is 0 Å². The van der Waals surface area contributed by atoms with Crippen LogP contribution in [0, 0.1) is 16.0 Å². The minimum atomic E-state index is -0.328. The molecule has 21 heavy (non-hydrogen) atoms. The van der Waals surface area contributed by atoms with Crippen molar-refractivity contribution in [3.8, 4) is 0 Å². The van der Waals surface area contributed by atoms with Crippen molar-refractivity contribution in [1.82, 2.24) is 10.2 Å². The summed E-state index contributed by atoms with van der Waals surface area (Å²) in [4.78, 5) is 13.1. The van der Waals surface area contributed by atoms with E-state index in [0.29, 0.717) is 23.0 Å². The van der Waals surface area contributed by atoms with Crippen molar-refractivity contribution in [3.05, 3.63) is 38.9 Å². The van der Waals surface area contributed by atoms with Gasteiger partial charge in [0.1, 0.15) is 0 Å². The number of hydrogen-bond acceptors (Lipinski definition) is 4. The molecule has 0 saturated carbocycles. The molecule has 1 aromatic carbocycles. The number of benzene rings is 1. The van der Waals surface area contributed by atoms with Crippen LogP contribution in [0.5, 0.6) is 0 Å². The molecule has 1 aromatic rings. The lowest BCUT2D eigenvalue weighted by Gasteiger charge is -2.32. The van der Waals surface area contributed by atoms with E-state index in [9.17, 15) is 10.1 Å². The Bertz CT molecular complexity index is 496. The Morgan fingerprint density at radius 2 is 2.33 bits per heavy atom. The van der Waals surface area contributed by atoms with Gasteiger partial charge < -0.3 is 5.32 Å². The summed E-state index contributed by atoms with van der Waals surface area (Å²) in [5.74, 6) is 0.622. The molecule has 0 amide bonds. The molecular weight excluding hydrogens is 290 g/mol. The van der Waals surface area contributed by atoms with E-state index in [-0.39, 0.29) is 10.6 Å². The molecule has 1 fully saturated rings. The number of rotatable bonds is 6. The van der Waals surface area contributed by atoms with Crippen LogP contribution in [0.15, 0.2) is 18.2 Å². The van der Waals surface area contributed by atoms with Crippen LogP contribution < -0.4 is 5.32 Å². The summed E-state index contributed by atoms with van der Waals surface area (Å²) in [7, 11) is 0. The summed E-state index contributed by atoms with van der Waals surface area (Å²) < 4.78 is 0. The fourth-order valence-electron chi connectivity index (χ4n) is 2.91. The van der Waals surface area contributed by atoms with E-state index in [1.165, 1.54) is 12.5 Å². The van der Waals surface area contributed by atoms with Crippen molar-refractivity contribution in [3.63, 3.8) is 0 Å². The smallest absolute Gasteiger partial charge is 0.273 e. The summed E-state index contributed by atoms with van der Waals surface area (Å²) in [6.45, 7) is 6.68. The molecule has 0 aromatic heterocycles. The highest BCUT2D eigenvalue weighted by molar-refractivity contribution is 6.30. The monoisotopic (exact) mass is 311 g/mol. The fourth-order valence-corrected chi connectivity index (χ4v) is 3.10. The van der Waals surface area contributed by atoms with Gasteiger partial charge in [0.15, 0.2) is 0 Å². The lowest BCUT2D eigenvalue weighted by Crippen LogP contribution is -2.39. The number of nitro benzene ring substituents is 1. The molecule has 0 aliphatic carbocycles. The maximum absolute atomic E-state index is 11.1. The molecule has 0 bridgehead atoms. The Morgan fingerprint density at radius 3 is 3.05 bits per heavy atom. The minimum absolute atomic E-state index is 0.160. The zero-order chi connectivity index (χ0) is 15.2. The maximum atomic E-state index is 11.1. The molecule has 0 spiro atoms. The Labute approximate surface area is 130 Å². The zero-order valence-corrected chi connectivity index (χ0v) is 13.1. The van der Waals surface area contributed by atoms with Gasteiger partial charge >= 0.3 is 0 Å². The first-order valence-electron chi connectivity index (χ1n) is 7.46. The van der Waals surface area contributed by atoms with Crippen LogP contribution in [0.1, 0.15) is 25.3 Å². The number of piperidine rings is 1. The Morgan fingerprint density at radius 1 is 1.52 bits per heavy atom. The molecule has 1 unspecified atom stereocenters. The second-order valence-electron chi connectivity index (χ2n) is 5.58. The van der Waals surface area contributed by atoms with E-state index < -0.39 is 0 Å². The van der Waals surface area contributed by atoms with Gasteiger partial charge in [0.25, 0.3) is 5.69 Å². The first-order chi connectivity index (χ1) is 10.1. The van der Waals surface area contributed by atoms with Crippen molar-refractivity contribution in [1.29, 1.82) is 0 Å². The molecule has 1 aliphatic heterocycles. The summed E-state index contributed by atoms with van der Waals surface area (Å²) in [5, 5.41) is 15.1. The summed E-state index contributed by atoms with van der Waals surface area (Å²) in [5.41, 5.74) is 0.866. The second kappa shape index (κ2) is 7.73. The van der Waals surface area contributed by atoms with Crippen LogP contribution in [0.25, 0.3) is 0 Å². The van der Waals surface area contributed by atoms with Gasteiger partial charge in [-0.3, -0.25) is 15.0 Å². The van der Waals surface area contributed by atoms with Crippen LogP contribution >= 0.6 is 11.6 Å². The number of nitrogens with zero attached hydrogens (tertiary/aromatic N) is 2. The predicted octanol–water partition coefficient (Wildman–Crippen LogP) is 3.07. The molecular formula is C15H22ClN3O2. The lowest BCUT2D eigenvalue weighted by molar-refractivity contribution is -0.385. The summed E-state index contributed by atoms with van der Waals surface area (Å²) in [6.07, 6.45) is 2.37. The van der Waals surface area contributed by atoms with Crippen LogP contribution in [-0.4, -0.2) is 36.0 Å². The van der Waals surface area contributed by atoms with Crippen molar-refractivity contribution in [2.75, 3.05) is 26.2 Å². The first kappa shape index (κ1) is 16.2. The minimum Gasteiger partial charge on any atom is -0.317 e. The average Bonchev–Trinajstić information content (AvgIpc) is 2.45. The van der Waals surface area contributed by atoms with Crippen molar-refractivity contribution in [2.24, 2.45) is 5.92 Å². The molecule has 6 heteroatoms. The van der Waals surface area contributed by atoms with E-state index in [2.05, 4.69) is 17.1 Å². The molecule has 1 heterocycles. The van der Waals surface area contributed by atoms with Crippen LogP contribution in [0.4, 0.5) is 5.69 Å². The number of halogens is 1. The summed E-state index contributed by atoms with van der Waals surface area (Å²) >= 11 is 5.99. The van der Waals surface area contributed by atoms with E-state index in [4.69, 9.17) is 11.6 Å². The van der Waals surface area contributed by atoms with Crippen molar-refractivity contribution in [2.45, 2.75) is 26.3 Å². The Kier molecular flexibility index (Phi) is 5.96. The van der Waals surface area contributed by atoms with Crippen LogP contribution in [0.3, 0.4) is 0 Å². The highest BCUT2D eigenvalue weighted by atomic mass is 35.5. The third kappa shape index (κ3) is 4.66. The quantitative estimate of drug-likeness (QED) is 0.648. The van der Waals surface area contributed by atoms with E-state index in [1.807, 2.05) is 0 Å². The maximum Gasteiger partial charge on any atom is 0.273 e. The van der Waals surface area contributed by atoms with Crippen molar-refractivity contribution >= 4 is 17.3 Å². The molecule has 1 N–H and O–H groups in total. The van der Waals surface area contributed by atoms with Gasteiger partial charge in [0.05, 0.1) is 4.92 Å². The van der Waals surface area contributed by atoms with Crippen molar-refractivity contribution < 1.29 is 4.92 Å². The van der Waals surface area contributed by atoms with Crippen LogP contribution in [0.2, 0.25) is 5.02 Å². The van der Waals surface area contributed by atoms with Crippen LogP contribution in [-0.2, 0) is 6.54 Å². The van der Waals surface area contributed by atoms with Gasteiger partial charge in [-0.25, -0.2) is 0 Å². The zero-order valence-electron chi connectivity index (χ0n) is 12.3. The van der Waals surface area contributed by atoms with E-state index in [1.54, 1.807) is 12.1 Å². The molecule has 0 radical (unpaired) electrons. The third-order valence-electron chi connectivity index (χ3n) is 3.92.